The van der Waals surface area contributed by atoms with Crippen LogP contribution >= 0.6 is 11.3 Å². The first-order valence-corrected chi connectivity index (χ1v) is 6.62. The molecule has 0 fully saturated rings. The van der Waals surface area contributed by atoms with E-state index in [1.807, 2.05) is 41.2 Å². The van der Waals surface area contributed by atoms with Gasteiger partial charge in [-0.15, -0.1) is 11.3 Å². The van der Waals surface area contributed by atoms with Crippen molar-refractivity contribution in [1.29, 1.82) is 0 Å². The third kappa shape index (κ3) is 2.14. The largest absolute Gasteiger partial charge is 0.386 e. The molecule has 0 radical (unpaired) electrons. The van der Waals surface area contributed by atoms with Gasteiger partial charge >= 0.3 is 0 Å². The zero-order valence-electron chi connectivity index (χ0n) is 9.95. The molecule has 1 unspecified atom stereocenters. The maximum Gasteiger partial charge on any atom is 0.193 e. The Morgan fingerprint density at radius 3 is 3.17 bits per heavy atom. The van der Waals surface area contributed by atoms with E-state index in [0.717, 1.165) is 16.2 Å². The summed E-state index contributed by atoms with van der Waals surface area (Å²) in [7, 11) is 0. The van der Waals surface area contributed by atoms with Gasteiger partial charge in [-0.05, 0) is 24.6 Å². The van der Waals surface area contributed by atoms with Crippen LogP contribution in [0.15, 0.2) is 36.1 Å². The molecule has 0 amide bonds. The van der Waals surface area contributed by atoms with Crippen molar-refractivity contribution in [3.63, 3.8) is 0 Å². The lowest BCUT2D eigenvalue weighted by molar-refractivity contribution is 0.172. The lowest BCUT2D eigenvalue weighted by Gasteiger charge is -2.08. The van der Waals surface area contributed by atoms with Crippen LogP contribution in [0.4, 0.5) is 0 Å². The molecule has 18 heavy (non-hydrogen) atoms. The highest BCUT2D eigenvalue weighted by Gasteiger charge is 2.12. The average Bonchev–Trinajstić information content (AvgIpc) is 2.89. The van der Waals surface area contributed by atoms with Crippen molar-refractivity contribution in [2.75, 3.05) is 0 Å². The van der Waals surface area contributed by atoms with Crippen LogP contribution in [-0.2, 0) is 6.42 Å². The Morgan fingerprint density at radius 2 is 2.39 bits per heavy atom. The summed E-state index contributed by atoms with van der Waals surface area (Å²) in [5.41, 5.74) is 2.69. The van der Waals surface area contributed by atoms with Crippen molar-refractivity contribution < 1.29 is 5.11 Å². The van der Waals surface area contributed by atoms with Gasteiger partial charge in [0.05, 0.1) is 11.4 Å². The molecular weight excluding hydrogens is 246 g/mol. The molecule has 3 aromatic heterocycles. The van der Waals surface area contributed by atoms with Crippen LogP contribution in [0.1, 0.15) is 23.1 Å². The van der Waals surface area contributed by atoms with Gasteiger partial charge in [0.2, 0.25) is 0 Å². The highest BCUT2D eigenvalue weighted by molar-refractivity contribution is 7.15. The Bertz CT molecular complexity index is 645. The number of imidazole rings is 1. The van der Waals surface area contributed by atoms with Crippen molar-refractivity contribution in [3.8, 4) is 0 Å². The molecule has 0 aliphatic heterocycles. The van der Waals surface area contributed by atoms with Gasteiger partial charge < -0.3 is 5.11 Å². The van der Waals surface area contributed by atoms with E-state index in [2.05, 4.69) is 9.97 Å². The summed E-state index contributed by atoms with van der Waals surface area (Å²) in [5.74, 6) is 0. The second kappa shape index (κ2) is 4.51. The predicted octanol–water partition coefficient (Wildman–Crippen LogP) is 2.38. The smallest absolute Gasteiger partial charge is 0.193 e. The Morgan fingerprint density at radius 1 is 1.50 bits per heavy atom. The summed E-state index contributed by atoms with van der Waals surface area (Å²) in [6.45, 7) is 1.99. The van der Waals surface area contributed by atoms with Gasteiger partial charge in [-0.2, -0.15) is 0 Å². The summed E-state index contributed by atoms with van der Waals surface area (Å²) < 4.78 is 1.97. The molecule has 0 spiro atoms. The van der Waals surface area contributed by atoms with Crippen LogP contribution in [0, 0.1) is 6.92 Å². The number of pyridine rings is 1. The molecule has 4 nitrogen and oxygen atoms in total. The number of aromatic nitrogens is 3. The fourth-order valence-electron chi connectivity index (χ4n) is 1.92. The molecule has 3 heterocycles. The standard InChI is InChI=1S/C13H13N3OS/c1-9-2-3-14-11(6-9)12(17)7-10-8-16-4-5-18-13(16)15-10/h2-6,8,12,17H,7H2,1H3. The van der Waals surface area contributed by atoms with Crippen molar-refractivity contribution in [2.24, 2.45) is 0 Å². The van der Waals surface area contributed by atoms with Crippen molar-refractivity contribution >= 4 is 16.3 Å². The second-order valence-electron chi connectivity index (χ2n) is 4.30. The second-order valence-corrected chi connectivity index (χ2v) is 5.18. The van der Waals surface area contributed by atoms with Gasteiger partial charge in [0.1, 0.15) is 6.10 Å². The summed E-state index contributed by atoms with van der Waals surface area (Å²) >= 11 is 1.59. The molecule has 1 N–H and O–H groups in total. The van der Waals surface area contributed by atoms with E-state index in [-0.39, 0.29) is 0 Å². The number of nitrogens with zero attached hydrogens (tertiary/aromatic N) is 3. The molecule has 3 rings (SSSR count). The van der Waals surface area contributed by atoms with Crippen LogP contribution in [0.5, 0.6) is 0 Å². The van der Waals surface area contributed by atoms with Crippen molar-refractivity contribution in [2.45, 2.75) is 19.4 Å². The third-order valence-electron chi connectivity index (χ3n) is 2.82. The number of hydrogen-bond acceptors (Lipinski definition) is 4. The van der Waals surface area contributed by atoms with Gasteiger partial charge in [-0.1, -0.05) is 0 Å². The Labute approximate surface area is 109 Å². The number of hydrogen-bond donors (Lipinski definition) is 1. The summed E-state index contributed by atoms with van der Waals surface area (Å²) in [6, 6.07) is 3.83. The highest BCUT2D eigenvalue weighted by Crippen LogP contribution is 2.18. The summed E-state index contributed by atoms with van der Waals surface area (Å²) in [6.07, 6.45) is 5.53. The van der Waals surface area contributed by atoms with E-state index in [9.17, 15) is 5.11 Å². The van der Waals surface area contributed by atoms with Crippen LogP contribution in [0.3, 0.4) is 0 Å². The third-order valence-corrected chi connectivity index (χ3v) is 3.59. The molecule has 0 saturated carbocycles. The number of thiazole rings is 1. The Hall–Kier alpha value is -1.72. The van der Waals surface area contributed by atoms with Crippen molar-refractivity contribution in [1.82, 2.24) is 14.4 Å². The first-order valence-electron chi connectivity index (χ1n) is 5.74. The van der Waals surface area contributed by atoms with Crippen molar-refractivity contribution in [3.05, 3.63) is 53.1 Å². The van der Waals surface area contributed by atoms with E-state index in [1.54, 1.807) is 17.5 Å². The SMILES string of the molecule is Cc1ccnc(C(O)Cc2cn3ccsc3n2)c1. The minimum atomic E-state index is -0.602. The van der Waals surface area contributed by atoms with Gasteiger partial charge in [0.25, 0.3) is 0 Å². The molecule has 3 aromatic rings. The van der Waals surface area contributed by atoms with Gasteiger partial charge in [0.15, 0.2) is 4.96 Å². The van der Waals surface area contributed by atoms with Crippen LogP contribution in [-0.4, -0.2) is 19.5 Å². The number of rotatable bonds is 3. The maximum atomic E-state index is 10.2. The quantitative estimate of drug-likeness (QED) is 0.785. The lowest BCUT2D eigenvalue weighted by Crippen LogP contribution is -2.04. The van der Waals surface area contributed by atoms with E-state index >= 15 is 0 Å². The normalized spacial score (nSPS) is 13.0. The highest BCUT2D eigenvalue weighted by atomic mass is 32.1. The number of aliphatic hydroxyl groups excluding tert-OH is 1. The average molecular weight is 259 g/mol. The molecule has 92 valence electrons. The first kappa shape index (κ1) is 11.4. The van der Waals surface area contributed by atoms with E-state index < -0.39 is 6.10 Å². The van der Waals surface area contributed by atoms with Crippen LogP contribution in [0.2, 0.25) is 0 Å². The fraction of sp³-hybridized carbons (Fsp3) is 0.231. The van der Waals surface area contributed by atoms with E-state index in [0.29, 0.717) is 12.1 Å². The predicted molar refractivity (Wildman–Crippen MR) is 70.7 cm³/mol. The monoisotopic (exact) mass is 259 g/mol. The van der Waals surface area contributed by atoms with E-state index in [1.165, 1.54) is 0 Å². The van der Waals surface area contributed by atoms with E-state index in [4.69, 9.17) is 0 Å². The number of aryl methyl sites for hydroxylation is 1. The Kier molecular flexibility index (Phi) is 2.85. The summed E-state index contributed by atoms with van der Waals surface area (Å²) in [4.78, 5) is 9.60. The van der Waals surface area contributed by atoms with Gasteiger partial charge in [-0.3, -0.25) is 9.38 Å². The molecule has 1 atom stereocenters. The molecule has 0 aromatic carbocycles. The maximum absolute atomic E-state index is 10.2. The number of fused-ring (bicyclic) bond motifs is 1. The van der Waals surface area contributed by atoms with Crippen LogP contribution in [0.25, 0.3) is 4.96 Å². The zero-order valence-corrected chi connectivity index (χ0v) is 10.8. The first-order chi connectivity index (χ1) is 8.72. The molecular formula is C13H13N3OS. The molecule has 0 aliphatic carbocycles. The minimum Gasteiger partial charge on any atom is -0.386 e. The number of aliphatic hydroxyl groups is 1. The molecule has 0 bridgehead atoms. The zero-order chi connectivity index (χ0) is 12.5. The summed E-state index contributed by atoms with van der Waals surface area (Å²) in [5, 5.41) is 12.1. The lowest BCUT2D eigenvalue weighted by atomic mass is 10.1. The topological polar surface area (TPSA) is 50.4 Å². The van der Waals surface area contributed by atoms with Gasteiger partial charge in [-0.25, -0.2) is 4.98 Å². The Balaban J connectivity index is 1.81. The minimum absolute atomic E-state index is 0.491. The molecule has 0 aliphatic rings. The fourth-order valence-corrected chi connectivity index (χ4v) is 2.64. The molecule has 5 heteroatoms. The van der Waals surface area contributed by atoms with Crippen LogP contribution < -0.4 is 0 Å². The molecule has 0 saturated heterocycles. The van der Waals surface area contributed by atoms with Gasteiger partial charge in [0, 0.05) is 30.4 Å².